The van der Waals surface area contributed by atoms with Gasteiger partial charge in [-0.1, -0.05) is 18.2 Å². The van der Waals surface area contributed by atoms with E-state index >= 15 is 0 Å². The van der Waals surface area contributed by atoms with Gasteiger partial charge in [0.1, 0.15) is 23.7 Å². The molecule has 2 aliphatic heterocycles. The minimum atomic E-state index is -4.05. The van der Waals surface area contributed by atoms with E-state index in [9.17, 15) is 27.9 Å². The van der Waals surface area contributed by atoms with Gasteiger partial charge in [0.25, 0.3) is 10.0 Å². The number of carboxylic acids is 1. The molecule has 14 nitrogen and oxygen atoms in total. The third-order valence-corrected chi connectivity index (χ3v) is 9.43. The molecule has 2 aromatic heterocycles. The molecule has 0 aliphatic carbocycles. The quantitative estimate of drug-likeness (QED) is 0.358. The van der Waals surface area contributed by atoms with Crippen LogP contribution in [0, 0.1) is 0 Å². The van der Waals surface area contributed by atoms with Gasteiger partial charge >= 0.3 is 12.1 Å². The van der Waals surface area contributed by atoms with Gasteiger partial charge in [-0.05, 0) is 42.7 Å². The fourth-order valence-electron chi connectivity index (χ4n) is 5.22. The number of aliphatic carboxylic acids is 1. The molecular formula is C28H33N7O7S. The van der Waals surface area contributed by atoms with Gasteiger partial charge in [0.05, 0.1) is 0 Å². The van der Waals surface area contributed by atoms with Crippen molar-refractivity contribution in [2.24, 2.45) is 7.05 Å². The van der Waals surface area contributed by atoms with Gasteiger partial charge in [0, 0.05) is 64.8 Å². The summed E-state index contributed by atoms with van der Waals surface area (Å²) in [6.07, 6.45) is 4.77. The smallest absolute Gasteiger partial charge is 0.415 e. The van der Waals surface area contributed by atoms with Gasteiger partial charge in [-0.3, -0.25) is 4.79 Å². The number of carboxylic acid groups (broad SMARTS) is 1. The highest BCUT2D eigenvalue weighted by Crippen LogP contribution is 2.26. The lowest BCUT2D eigenvalue weighted by Gasteiger charge is -2.34. The Bertz CT molecular complexity index is 1560. The maximum atomic E-state index is 13.1. The first-order valence-corrected chi connectivity index (χ1v) is 15.3. The van der Waals surface area contributed by atoms with E-state index in [0.717, 1.165) is 10.1 Å². The Morgan fingerprint density at radius 1 is 1.02 bits per heavy atom. The molecule has 2 N–H and O–H groups in total. The van der Waals surface area contributed by atoms with E-state index < -0.39 is 40.1 Å². The van der Waals surface area contributed by atoms with Crippen molar-refractivity contribution in [3.63, 3.8) is 0 Å². The number of ether oxygens (including phenoxy) is 1. The van der Waals surface area contributed by atoms with Crippen molar-refractivity contribution >= 4 is 33.8 Å². The Kier molecular flexibility index (Phi) is 8.92. The maximum Gasteiger partial charge on any atom is 0.415 e. The van der Waals surface area contributed by atoms with Gasteiger partial charge in [-0.15, -0.1) is 0 Å². The van der Waals surface area contributed by atoms with Crippen molar-refractivity contribution in [3.05, 3.63) is 66.6 Å². The van der Waals surface area contributed by atoms with Crippen LogP contribution in [0.2, 0.25) is 0 Å². The van der Waals surface area contributed by atoms with Crippen LogP contribution in [0.1, 0.15) is 18.4 Å². The number of aromatic nitrogens is 3. The number of pyridine rings is 1. The summed E-state index contributed by atoms with van der Waals surface area (Å²) in [7, 11) is -2.50. The lowest BCUT2D eigenvalue weighted by molar-refractivity contribution is -0.142. The molecule has 2 fully saturated rings. The maximum absolute atomic E-state index is 13.1. The molecule has 228 valence electrons. The molecule has 15 heteroatoms. The van der Waals surface area contributed by atoms with E-state index in [2.05, 4.69) is 20.2 Å². The zero-order valence-corrected chi connectivity index (χ0v) is 24.4. The number of anilines is 1. The Hall–Kier alpha value is -4.50. The molecule has 0 spiro atoms. The molecule has 3 aromatic rings. The van der Waals surface area contributed by atoms with Crippen LogP contribution in [-0.4, -0.2) is 100 Å². The zero-order valence-electron chi connectivity index (χ0n) is 23.6. The first-order chi connectivity index (χ1) is 20.6. The van der Waals surface area contributed by atoms with Gasteiger partial charge in [-0.25, -0.2) is 28.0 Å². The van der Waals surface area contributed by atoms with Crippen LogP contribution in [0.15, 0.2) is 66.2 Å². The molecule has 0 unspecified atom stereocenters. The molecule has 2 saturated heterocycles. The molecule has 1 aromatic carbocycles. The average Bonchev–Trinajstić information content (AvgIpc) is 3.69. The number of nitrogens with zero attached hydrogens (tertiary/aromatic N) is 6. The monoisotopic (exact) mass is 611 g/mol. The minimum Gasteiger partial charge on any atom is -0.480 e. The number of amides is 2. The Balaban J connectivity index is 1.15. The predicted molar refractivity (Wildman–Crippen MR) is 154 cm³/mol. The predicted octanol–water partition coefficient (Wildman–Crippen LogP) is 1.10. The zero-order chi connectivity index (χ0) is 30.6. The molecule has 0 radical (unpaired) electrons. The second kappa shape index (κ2) is 12.8. The van der Waals surface area contributed by atoms with Crippen LogP contribution in [-0.2, 0) is 33.1 Å². The SMILES string of the molecule is Cn1ccnc1S(=O)(=O)N1CCC[C@H]1C(=O)N[C@@H](Cc1ccc(OC(=O)N2CCN(c3ccccn3)CC2)cc1)C(=O)O. The number of carbonyl (C=O) groups is 3. The molecule has 2 atom stereocenters. The number of hydrogen-bond donors (Lipinski definition) is 2. The highest BCUT2D eigenvalue weighted by atomic mass is 32.2. The van der Waals surface area contributed by atoms with Crippen molar-refractivity contribution in [3.8, 4) is 5.75 Å². The molecule has 0 bridgehead atoms. The third kappa shape index (κ3) is 6.78. The molecule has 5 rings (SSSR count). The van der Waals surface area contributed by atoms with Crippen molar-refractivity contribution in [2.45, 2.75) is 36.5 Å². The second-order valence-electron chi connectivity index (χ2n) is 10.4. The second-order valence-corrected chi connectivity index (χ2v) is 12.2. The number of sulfonamides is 1. The standard InChI is InChI=1S/C28H33N7O7S/c1-32-14-12-30-27(32)43(40,41)35-13-4-5-23(35)25(36)31-22(26(37)38)19-20-7-9-21(10-8-20)42-28(39)34-17-15-33(16-18-34)24-6-2-3-11-29-24/h2-3,6-12,14,22-23H,4-5,13,15-19H2,1H3,(H,31,36)(H,37,38)/t22-,23-/m0/s1. The van der Waals surface area contributed by atoms with E-state index in [1.165, 1.54) is 17.0 Å². The summed E-state index contributed by atoms with van der Waals surface area (Å²) >= 11 is 0. The molecule has 43 heavy (non-hydrogen) atoms. The number of rotatable bonds is 9. The molecule has 4 heterocycles. The topological polar surface area (TPSA) is 167 Å². The summed E-state index contributed by atoms with van der Waals surface area (Å²) in [4.78, 5) is 49.8. The van der Waals surface area contributed by atoms with Gasteiger partial charge < -0.3 is 29.5 Å². The van der Waals surface area contributed by atoms with Crippen LogP contribution < -0.4 is 15.0 Å². The normalized spacial score (nSPS) is 18.3. The highest BCUT2D eigenvalue weighted by molar-refractivity contribution is 7.89. The lowest BCUT2D eigenvalue weighted by atomic mass is 10.1. The van der Waals surface area contributed by atoms with Gasteiger partial charge in [-0.2, -0.15) is 4.31 Å². The fourth-order valence-corrected chi connectivity index (χ4v) is 6.95. The van der Waals surface area contributed by atoms with Crippen LogP contribution in [0.3, 0.4) is 0 Å². The van der Waals surface area contributed by atoms with Crippen LogP contribution in [0.4, 0.5) is 10.6 Å². The summed E-state index contributed by atoms with van der Waals surface area (Å²) in [6, 6.07) is 9.73. The van der Waals surface area contributed by atoms with Crippen LogP contribution in [0.25, 0.3) is 0 Å². The lowest BCUT2D eigenvalue weighted by Crippen LogP contribution is -2.51. The summed E-state index contributed by atoms with van der Waals surface area (Å²) < 4.78 is 34.2. The van der Waals surface area contributed by atoms with Crippen LogP contribution in [0.5, 0.6) is 5.75 Å². The summed E-state index contributed by atoms with van der Waals surface area (Å²) in [6.45, 7) is 2.34. The largest absolute Gasteiger partial charge is 0.480 e. The summed E-state index contributed by atoms with van der Waals surface area (Å²) in [5, 5.41) is 12.1. The van der Waals surface area contributed by atoms with Crippen molar-refractivity contribution in [2.75, 3.05) is 37.6 Å². The molecule has 0 saturated carbocycles. The van der Waals surface area contributed by atoms with E-state index in [0.29, 0.717) is 43.9 Å². The average molecular weight is 612 g/mol. The molecule has 2 amide bonds. The van der Waals surface area contributed by atoms with Crippen molar-refractivity contribution < 1.29 is 32.6 Å². The Morgan fingerprint density at radius 3 is 2.40 bits per heavy atom. The summed E-state index contributed by atoms with van der Waals surface area (Å²) in [5.74, 6) is -0.781. The third-order valence-electron chi connectivity index (χ3n) is 7.52. The number of nitrogens with one attached hydrogen (secondary N) is 1. The number of benzene rings is 1. The van der Waals surface area contributed by atoms with E-state index in [4.69, 9.17) is 4.74 Å². The number of hydrogen-bond acceptors (Lipinski definition) is 9. The van der Waals surface area contributed by atoms with E-state index in [1.54, 1.807) is 42.4 Å². The number of aryl methyl sites for hydroxylation is 1. The van der Waals surface area contributed by atoms with Crippen molar-refractivity contribution in [1.29, 1.82) is 0 Å². The minimum absolute atomic E-state index is 0.0520. The summed E-state index contributed by atoms with van der Waals surface area (Å²) in [5.41, 5.74) is 0.584. The highest BCUT2D eigenvalue weighted by Gasteiger charge is 2.42. The number of carbonyl (C=O) groups excluding carboxylic acids is 2. The molecule has 2 aliphatic rings. The number of imidazole rings is 1. The fraction of sp³-hybridized carbons (Fsp3) is 0.393. The van der Waals surface area contributed by atoms with Crippen molar-refractivity contribution in [1.82, 2.24) is 29.1 Å². The first kappa shape index (κ1) is 30.0. The van der Waals surface area contributed by atoms with E-state index in [1.807, 2.05) is 18.2 Å². The van der Waals surface area contributed by atoms with E-state index in [-0.39, 0.29) is 24.5 Å². The van der Waals surface area contributed by atoms with Crippen LogP contribution >= 0.6 is 0 Å². The Labute approximate surface area is 248 Å². The Morgan fingerprint density at radius 2 is 1.77 bits per heavy atom. The first-order valence-electron chi connectivity index (χ1n) is 13.9. The van der Waals surface area contributed by atoms with Gasteiger partial charge in [0.2, 0.25) is 11.1 Å². The molecular weight excluding hydrogens is 578 g/mol. The number of piperazine rings is 1. The van der Waals surface area contributed by atoms with Gasteiger partial charge in [0.15, 0.2) is 0 Å².